The van der Waals surface area contributed by atoms with Crippen LogP contribution in [0.2, 0.25) is 0 Å². The summed E-state index contributed by atoms with van der Waals surface area (Å²) in [5, 5.41) is 3.31. The number of carbonyl (C=O) groups excluding carboxylic acids is 1. The standard InChI is InChI=1S/C24H30N4O3/c29-23(18-4-3-11-28(16-18)22-15-25-9-10-26-22)27-17-24(7-1-2-8-24)19-5-6-20-21(14-19)31-13-12-30-20/h5-6,9-10,14-15,18H,1-4,7-8,11-13,16-17H2,(H,27,29)/t18-/m0/s1. The van der Waals surface area contributed by atoms with Gasteiger partial charge in [0.1, 0.15) is 19.0 Å². The molecule has 1 amide bonds. The van der Waals surface area contributed by atoms with Gasteiger partial charge in [-0.1, -0.05) is 18.9 Å². The number of aromatic nitrogens is 2. The minimum atomic E-state index is -0.0231. The topological polar surface area (TPSA) is 76.6 Å². The first-order valence-electron chi connectivity index (χ1n) is 11.4. The Morgan fingerprint density at radius 1 is 1.13 bits per heavy atom. The summed E-state index contributed by atoms with van der Waals surface area (Å²) in [5.41, 5.74) is 1.23. The summed E-state index contributed by atoms with van der Waals surface area (Å²) in [6.45, 7) is 3.48. The molecule has 1 N–H and O–H groups in total. The third-order valence-electron chi connectivity index (χ3n) is 6.98. The van der Waals surface area contributed by atoms with Crippen LogP contribution < -0.4 is 19.7 Å². The van der Waals surface area contributed by atoms with Gasteiger partial charge in [0.05, 0.1) is 12.1 Å². The van der Waals surface area contributed by atoms with Crippen molar-refractivity contribution in [2.45, 2.75) is 43.9 Å². The molecule has 2 fully saturated rings. The number of nitrogens with one attached hydrogen (secondary N) is 1. The van der Waals surface area contributed by atoms with Crippen LogP contribution in [0.25, 0.3) is 0 Å². The van der Waals surface area contributed by atoms with Crippen molar-refractivity contribution in [1.82, 2.24) is 15.3 Å². The number of ether oxygens (including phenoxy) is 2. The summed E-state index contributed by atoms with van der Waals surface area (Å²) < 4.78 is 11.5. The summed E-state index contributed by atoms with van der Waals surface area (Å²) in [7, 11) is 0. The molecule has 0 unspecified atom stereocenters. The van der Waals surface area contributed by atoms with E-state index in [2.05, 4.69) is 32.3 Å². The maximum absolute atomic E-state index is 13.1. The summed E-state index contributed by atoms with van der Waals surface area (Å²) in [6, 6.07) is 6.30. The largest absolute Gasteiger partial charge is 0.486 e. The first-order valence-corrected chi connectivity index (χ1v) is 11.4. The molecule has 1 saturated heterocycles. The van der Waals surface area contributed by atoms with E-state index >= 15 is 0 Å². The number of hydrogen-bond donors (Lipinski definition) is 1. The summed E-state index contributed by atoms with van der Waals surface area (Å²) in [6.07, 6.45) is 11.6. The van der Waals surface area contributed by atoms with E-state index in [1.165, 1.54) is 18.4 Å². The molecule has 5 rings (SSSR count). The summed E-state index contributed by atoms with van der Waals surface area (Å²) >= 11 is 0. The molecule has 1 aromatic carbocycles. The molecule has 0 bridgehead atoms. The highest BCUT2D eigenvalue weighted by molar-refractivity contribution is 5.79. The number of benzene rings is 1. The molecule has 1 saturated carbocycles. The first kappa shape index (κ1) is 20.1. The maximum Gasteiger partial charge on any atom is 0.224 e. The van der Waals surface area contributed by atoms with Crippen LogP contribution in [0.4, 0.5) is 5.82 Å². The average Bonchev–Trinajstić information content (AvgIpc) is 3.33. The van der Waals surface area contributed by atoms with Crippen molar-refractivity contribution in [3.8, 4) is 11.5 Å². The Balaban J connectivity index is 1.26. The lowest BCUT2D eigenvalue weighted by Crippen LogP contribution is -2.46. The van der Waals surface area contributed by atoms with Crippen LogP contribution in [0.1, 0.15) is 44.1 Å². The molecular weight excluding hydrogens is 392 g/mol. The average molecular weight is 423 g/mol. The quantitative estimate of drug-likeness (QED) is 0.798. The van der Waals surface area contributed by atoms with Crippen molar-refractivity contribution < 1.29 is 14.3 Å². The van der Waals surface area contributed by atoms with Crippen molar-refractivity contribution in [3.63, 3.8) is 0 Å². The Morgan fingerprint density at radius 2 is 1.97 bits per heavy atom. The summed E-state index contributed by atoms with van der Waals surface area (Å²) in [5.74, 6) is 2.63. The zero-order valence-corrected chi connectivity index (χ0v) is 17.9. The molecule has 7 heteroatoms. The van der Waals surface area contributed by atoms with Gasteiger partial charge in [0.2, 0.25) is 5.91 Å². The number of anilines is 1. The Hall–Kier alpha value is -2.83. The Kier molecular flexibility index (Phi) is 5.66. The normalized spacial score (nSPS) is 22.2. The van der Waals surface area contributed by atoms with E-state index in [1.54, 1.807) is 18.6 Å². The highest BCUT2D eigenvalue weighted by Gasteiger charge is 2.37. The van der Waals surface area contributed by atoms with Crippen LogP contribution >= 0.6 is 0 Å². The van der Waals surface area contributed by atoms with Gasteiger partial charge in [0.25, 0.3) is 0 Å². The van der Waals surface area contributed by atoms with E-state index in [0.29, 0.717) is 26.3 Å². The van der Waals surface area contributed by atoms with Crippen LogP contribution in [0, 0.1) is 5.92 Å². The SMILES string of the molecule is O=C(NCC1(c2ccc3c(c2)OCCO3)CCCC1)[C@H]1CCCN(c2cnccn2)C1. The monoisotopic (exact) mass is 422 g/mol. The molecule has 3 heterocycles. The minimum Gasteiger partial charge on any atom is -0.486 e. The highest BCUT2D eigenvalue weighted by atomic mass is 16.6. The molecule has 2 aliphatic heterocycles. The Morgan fingerprint density at radius 3 is 2.77 bits per heavy atom. The van der Waals surface area contributed by atoms with Crippen molar-refractivity contribution in [2.24, 2.45) is 5.92 Å². The number of piperidine rings is 1. The predicted molar refractivity (Wildman–Crippen MR) is 118 cm³/mol. The fraction of sp³-hybridized carbons (Fsp3) is 0.542. The van der Waals surface area contributed by atoms with Gasteiger partial charge in [-0.3, -0.25) is 9.78 Å². The van der Waals surface area contributed by atoms with E-state index in [4.69, 9.17) is 9.47 Å². The van der Waals surface area contributed by atoms with Gasteiger partial charge < -0.3 is 19.7 Å². The molecule has 31 heavy (non-hydrogen) atoms. The Bertz CT molecular complexity index is 914. The molecule has 7 nitrogen and oxygen atoms in total. The predicted octanol–water partition coefficient (Wildman–Crippen LogP) is 3.09. The minimum absolute atomic E-state index is 0.0190. The van der Waals surface area contributed by atoms with E-state index in [1.807, 2.05) is 6.07 Å². The smallest absolute Gasteiger partial charge is 0.224 e. The van der Waals surface area contributed by atoms with Gasteiger partial charge in [-0.05, 0) is 43.4 Å². The molecule has 1 aliphatic carbocycles. The molecular formula is C24H30N4O3. The lowest BCUT2D eigenvalue weighted by atomic mass is 9.78. The fourth-order valence-corrected chi connectivity index (χ4v) is 5.25. The van der Waals surface area contributed by atoms with Crippen LogP contribution in [-0.2, 0) is 10.2 Å². The van der Waals surface area contributed by atoms with Crippen molar-refractivity contribution in [1.29, 1.82) is 0 Å². The second-order valence-corrected chi connectivity index (χ2v) is 8.91. The van der Waals surface area contributed by atoms with Gasteiger partial charge >= 0.3 is 0 Å². The van der Waals surface area contributed by atoms with Crippen molar-refractivity contribution >= 4 is 11.7 Å². The Labute approximate surface area is 183 Å². The first-order chi connectivity index (χ1) is 15.2. The van der Waals surface area contributed by atoms with Gasteiger partial charge in [-0.15, -0.1) is 0 Å². The van der Waals surface area contributed by atoms with Crippen LogP contribution in [-0.4, -0.2) is 48.7 Å². The van der Waals surface area contributed by atoms with Gasteiger partial charge in [0.15, 0.2) is 11.5 Å². The third-order valence-corrected chi connectivity index (χ3v) is 6.98. The lowest BCUT2D eigenvalue weighted by Gasteiger charge is -2.35. The van der Waals surface area contributed by atoms with Crippen molar-refractivity contribution in [3.05, 3.63) is 42.4 Å². The molecule has 0 radical (unpaired) electrons. The number of nitrogens with zero attached hydrogens (tertiary/aromatic N) is 3. The highest BCUT2D eigenvalue weighted by Crippen LogP contribution is 2.44. The zero-order valence-electron chi connectivity index (χ0n) is 17.9. The maximum atomic E-state index is 13.1. The second kappa shape index (κ2) is 8.73. The van der Waals surface area contributed by atoms with Gasteiger partial charge in [0, 0.05) is 37.4 Å². The van der Waals surface area contributed by atoms with Crippen molar-refractivity contribution in [2.75, 3.05) is 37.7 Å². The van der Waals surface area contributed by atoms with Gasteiger partial charge in [-0.25, -0.2) is 4.98 Å². The van der Waals surface area contributed by atoms with E-state index in [0.717, 1.165) is 49.5 Å². The zero-order chi connectivity index (χ0) is 21.1. The lowest BCUT2D eigenvalue weighted by molar-refractivity contribution is -0.125. The molecule has 1 atom stereocenters. The number of amides is 1. The van der Waals surface area contributed by atoms with Crippen LogP contribution in [0.15, 0.2) is 36.8 Å². The number of carbonyl (C=O) groups is 1. The fourth-order valence-electron chi connectivity index (χ4n) is 5.25. The van der Waals surface area contributed by atoms with E-state index in [-0.39, 0.29) is 17.2 Å². The number of fused-ring (bicyclic) bond motifs is 1. The number of rotatable bonds is 5. The molecule has 3 aliphatic rings. The third kappa shape index (κ3) is 4.18. The summed E-state index contributed by atoms with van der Waals surface area (Å²) in [4.78, 5) is 23.9. The van der Waals surface area contributed by atoms with E-state index < -0.39 is 0 Å². The second-order valence-electron chi connectivity index (χ2n) is 8.91. The molecule has 0 spiro atoms. The van der Waals surface area contributed by atoms with Gasteiger partial charge in [-0.2, -0.15) is 0 Å². The molecule has 2 aromatic rings. The van der Waals surface area contributed by atoms with Crippen LogP contribution in [0.5, 0.6) is 11.5 Å². The molecule has 1 aromatic heterocycles. The van der Waals surface area contributed by atoms with E-state index in [9.17, 15) is 4.79 Å². The molecule has 164 valence electrons. The van der Waals surface area contributed by atoms with Crippen LogP contribution in [0.3, 0.4) is 0 Å². The number of hydrogen-bond acceptors (Lipinski definition) is 6.